The second-order valence-corrected chi connectivity index (χ2v) is 3.43. The summed E-state index contributed by atoms with van der Waals surface area (Å²) in [7, 11) is 0. The normalized spacial score (nSPS) is 10.7. The number of pyridine rings is 1. The summed E-state index contributed by atoms with van der Waals surface area (Å²) in [5.41, 5.74) is 5.22. The Morgan fingerprint density at radius 2 is 2.07 bits per heavy atom. The fourth-order valence-corrected chi connectivity index (χ4v) is 1.61. The van der Waals surface area contributed by atoms with Gasteiger partial charge in [-0.15, -0.1) is 0 Å². The maximum absolute atomic E-state index is 11.6. The predicted octanol–water partition coefficient (Wildman–Crippen LogP) is 1.17. The Bertz CT molecular complexity index is 606. The molecule has 0 fully saturated rings. The summed E-state index contributed by atoms with van der Waals surface area (Å²) >= 11 is 5.72. The summed E-state index contributed by atoms with van der Waals surface area (Å²) in [4.78, 5) is 14.3. The van der Waals surface area contributed by atoms with Crippen molar-refractivity contribution in [2.75, 3.05) is 5.73 Å². The summed E-state index contributed by atoms with van der Waals surface area (Å²) in [6, 6.07) is 1.21. The number of nitrogen functional groups attached to an aromatic ring is 1. The van der Waals surface area contributed by atoms with E-state index in [4.69, 9.17) is 17.3 Å². The van der Waals surface area contributed by atoms with Crippen LogP contribution in [0.2, 0.25) is 5.02 Å². The van der Waals surface area contributed by atoms with Gasteiger partial charge in [-0.2, -0.15) is 0 Å². The zero-order valence-electron chi connectivity index (χ0n) is 7.41. The highest BCUT2D eigenvalue weighted by Crippen LogP contribution is 2.37. The molecular weight excluding hydrogens is 220 g/mol. The standard InChI is InChI=1S/C9H7ClN2O3/c10-7-6-4(1-5(13)9(7)15)12-2-3(11)8(6)14/h1-2,13,15H,11H2,(H,12,14). The first-order valence-electron chi connectivity index (χ1n) is 4.03. The Morgan fingerprint density at radius 1 is 1.40 bits per heavy atom. The monoisotopic (exact) mass is 226 g/mol. The van der Waals surface area contributed by atoms with Crippen molar-refractivity contribution in [1.82, 2.24) is 4.98 Å². The number of H-pyrrole nitrogens is 1. The van der Waals surface area contributed by atoms with Crippen LogP contribution in [0.25, 0.3) is 10.9 Å². The van der Waals surface area contributed by atoms with Crippen LogP contribution in [-0.2, 0) is 0 Å². The van der Waals surface area contributed by atoms with E-state index in [0.29, 0.717) is 5.52 Å². The SMILES string of the molecule is Nc1c[nH]c2cc(O)c(O)c(Cl)c2c1=O. The minimum absolute atomic E-state index is 0.00510. The Hall–Kier alpha value is -1.88. The fraction of sp³-hybridized carbons (Fsp3) is 0. The maximum Gasteiger partial charge on any atom is 0.213 e. The highest BCUT2D eigenvalue weighted by molar-refractivity contribution is 6.37. The van der Waals surface area contributed by atoms with Crippen molar-refractivity contribution in [3.05, 3.63) is 27.5 Å². The van der Waals surface area contributed by atoms with E-state index in [1.165, 1.54) is 12.3 Å². The quantitative estimate of drug-likeness (QED) is 0.507. The van der Waals surface area contributed by atoms with Gasteiger partial charge in [0.1, 0.15) is 0 Å². The van der Waals surface area contributed by atoms with Gasteiger partial charge in [0.15, 0.2) is 11.5 Å². The molecular formula is C9H7ClN2O3. The van der Waals surface area contributed by atoms with Crippen LogP contribution in [0.15, 0.2) is 17.1 Å². The van der Waals surface area contributed by atoms with Crippen LogP contribution in [0, 0.1) is 0 Å². The van der Waals surface area contributed by atoms with E-state index < -0.39 is 16.9 Å². The first kappa shape index (κ1) is 9.67. The number of hydrogen-bond donors (Lipinski definition) is 4. The number of aromatic amines is 1. The third-order valence-electron chi connectivity index (χ3n) is 2.09. The summed E-state index contributed by atoms with van der Waals surface area (Å²) in [6.07, 6.45) is 1.30. The lowest BCUT2D eigenvalue weighted by Gasteiger charge is -2.05. The first-order valence-corrected chi connectivity index (χ1v) is 4.41. The average Bonchev–Trinajstić information content (AvgIpc) is 2.20. The third-order valence-corrected chi connectivity index (χ3v) is 2.46. The number of nitrogens with one attached hydrogen (secondary N) is 1. The van der Waals surface area contributed by atoms with Crippen LogP contribution in [0.4, 0.5) is 5.69 Å². The van der Waals surface area contributed by atoms with Crippen LogP contribution in [0.1, 0.15) is 0 Å². The van der Waals surface area contributed by atoms with Crippen molar-refractivity contribution >= 4 is 28.2 Å². The zero-order chi connectivity index (χ0) is 11.2. The topological polar surface area (TPSA) is 99.3 Å². The van der Waals surface area contributed by atoms with Crippen LogP contribution in [0.5, 0.6) is 11.5 Å². The Labute approximate surface area is 88.7 Å². The third kappa shape index (κ3) is 1.28. The predicted molar refractivity (Wildman–Crippen MR) is 57.3 cm³/mol. The summed E-state index contributed by atoms with van der Waals surface area (Å²) in [5.74, 6) is -0.923. The number of fused-ring (bicyclic) bond motifs is 1. The molecule has 0 unspecified atom stereocenters. The molecule has 2 aromatic rings. The minimum Gasteiger partial charge on any atom is -0.504 e. The number of rotatable bonds is 0. The van der Waals surface area contributed by atoms with Crippen LogP contribution >= 0.6 is 11.6 Å². The highest BCUT2D eigenvalue weighted by Gasteiger charge is 2.14. The van der Waals surface area contributed by atoms with Crippen molar-refractivity contribution in [3.8, 4) is 11.5 Å². The van der Waals surface area contributed by atoms with E-state index in [1.807, 2.05) is 0 Å². The molecule has 0 aliphatic heterocycles. The van der Waals surface area contributed by atoms with Crippen LogP contribution < -0.4 is 11.2 Å². The van der Waals surface area contributed by atoms with E-state index >= 15 is 0 Å². The number of hydrogen-bond acceptors (Lipinski definition) is 4. The van der Waals surface area contributed by atoms with Gasteiger partial charge < -0.3 is 20.9 Å². The number of aromatic hydroxyl groups is 2. The molecule has 0 bridgehead atoms. The molecule has 78 valence electrons. The zero-order valence-corrected chi connectivity index (χ0v) is 8.17. The molecule has 6 heteroatoms. The molecule has 0 radical (unpaired) electrons. The molecule has 5 nitrogen and oxygen atoms in total. The van der Waals surface area contributed by atoms with Gasteiger partial charge in [0, 0.05) is 12.3 Å². The summed E-state index contributed by atoms with van der Waals surface area (Å²) < 4.78 is 0. The van der Waals surface area contributed by atoms with Crippen molar-refractivity contribution in [1.29, 1.82) is 0 Å². The Kier molecular flexibility index (Phi) is 1.97. The molecule has 0 saturated carbocycles. The van der Waals surface area contributed by atoms with E-state index in [1.54, 1.807) is 0 Å². The number of phenols is 2. The molecule has 0 saturated heterocycles. The number of aromatic nitrogens is 1. The molecule has 15 heavy (non-hydrogen) atoms. The largest absolute Gasteiger partial charge is 0.504 e. The van der Waals surface area contributed by atoms with Gasteiger partial charge in [0.25, 0.3) is 0 Å². The molecule has 1 heterocycles. The van der Waals surface area contributed by atoms with Gasteiger partial charge in [-0.3, -0.25) is 4.79 Å². The first-order chi connectivity index (χ1) is 7.02. The van der Waals surface area contributed by atoms with Crippen molar-refractivity contribution in [2.45, 2.75) is 0 Å². The van der Waals surface area contributed by atoms with Gasteiger partial charge in [-0.25, -0.2) is 0 Å². The van der Waals surface area contributed by atoms with Gasteiger partial charge >= 0.3 is 0 Å². The molecule has 0 aliphatic rings. The lowest BCUT2D eigenvalue weighted by molar-refractivity contribution is 0.405. The second-order valence-electron chi connectivity index (χ2n) is 3.05. The molecule has 0 aliphatic carbocycles. The number of phenolic OH excluding ortho intramolecular Hbond substituents is 2. The Balaban J connectivity index is 3.07. The van der Waals surface area contributed by atoms with Gasteiger partial charge in [-0.1, -0.05) is 11.6 Å². The van der Waals surface area contributed by atoms with Gasteiger partial charge in [0.2, 0.25) is 5.43 Å². The number of halogens is 1. The Morgan fingerprint density at radius 3 is 2.73 bits per heavy atom. The smallest absolute Gasteiger partial charge is 0.213 e. The lowest BCUT2D eigenvalue weighted by Crippen LogP contribution is -2.09. The van der Waals surface area contributed by atoms with Crippen molar-refractivity contribution in [3.63, 3.8) is 0 Å². The number of benzene rings is 1. The fourth-order valence-electron chi connectivity index (χ4n) is 1.33. The van der Waals surface area contributed by atoms with Gasteiger partial charge in [0.05, 0.1) is 21.6 Å². The van der Waals surface area contributed by atoms with E-state index in [-0.39, 0.29) is 16.1 Å². The van der Waals surface area contributed by atoms with Crippen molar-refractivity contribution < 1.29 is 10.2 Å². The highest BCUT2D eigenvalue weighted by atomic mass is 35.5. The minimum atomic E-state index is -0.528. The molecule has 0 atom stereocenters. The molecule has 1 aromatic carbocycles. The average molecular weight is 227 g/mol. The van der Waals surface area contributed by atoms with E-state index in [2.05, 4.69) is 4.98 Å². The van der Waals surface area contributed by atoms with E-state index in [0.717, 1.165) is 0 Å². The molecule has 1 aromatic heterocycles. The summed E-state index contributed by atoms with van der Waals surface area (Å²) in [6.45, 7) is 0. The van der Waals surface area contributed by atoms with Crippen molar-refractivity contribution in [2.24, 2.45) is 0 Å². The molecule has 0 spiro atoms. The second kappa shape index (κ2) is 3.06. The molecule has 5 N–H and O–H groups in total. The number of anilines is 1. The number of nitrogens with two attached hydrogens (primary N) is 1. The van der Waals surface area contributed by atoms with E-state index in [9.17, 15) is 15.0 Å². The lowest BCUT2D eigenvalue weighted by atomic mass is 10.2. The van der Waals surface area contributed by atoms with Crippen LogP contribution in [0.3, 0.4) is 0 Å². The summed E-state index contributed by atoms with van der Waals surface area (Å²) in [5, 5.41) is 18.5. The molecule has 0 amide bonds. The van der Waals surface area contributed by atoms with Gasteiger partial charge in [-0.05, 0) is 0 Å². The van der Waals surface area contributed by atoms with Crippen LogP contribution in [-0.4, -0.2) is 15.2 Å². The maximum atomic E-state index is 11.6. The molecule has 2 rings (SSSR count).